The molecule has 138 valence electrons. The van der Waals surface area contributed by atoms with E-state index in [2.05, 4.69) is 39.0 Å². The largest absolute Gasteiger partial charge is 0.507 e. The van der Waals surface area contributed by atoms with Crippen LogP contribution in [0.5, 0.6) is 5.75 Å². The van der Waals surface area contributed by atoms with Crippen molar-refractivity contribution in [3.05, 3.63) is 41.0 Å². The average Bonchev–Trinajstić information content (AvgIpc) is 3.13. The van der Waals surface area contributed by atoms with Gasteiger partial charge in [0.25, 0.3) is 0 Å². The van der Waals surface area contributed by atoms with Crippen molar-refractivity contribution < 1.29 is 5.11 Å². The van der Waals surface area contributed by atoms with Crippen LogP contribution in [-0.2, 0) is 6.54 Å². The monoisotopic (exact) mass is 392 g/mol. The van der Waals surface area contributed by atoms with Crippen molar-refractivity contribution in [2.75, 3.05) is 13.6 Å². The van der Waals surface area contributed by atoms with Crippen LogP contribution in [0, 0.1) is 6.92 Å². The molecule has 5 nitrogen and oxygen atoms in total. The van der Waals surface area contributed by atoms with Crippen LogP contribution >= 0.6 is 24.0 Å². The summed E-state index contributed by atoms with van der Waals surface area (Å²) in [4.78, 5) is 2.41. The lowest BCUT2D eigenvalue weighted by Crippen LogP contribution is -2.29. The smallest absolute Gasteiger partial charge is 0.162 e. The second kappa shape index (κ2) is 7.43. The number of hydrogen-bond donors (Lipinski definition) is 1. The van der Waals surface area contributed by atoms with E-state index in [0.717, 1.165) is 29.7 Å². The minimum Gasteiger partial charge on any atom is -0.507 e. The summed E-state index contributed by atoms with van der Waals surface area (Å²) in [5.74, 6) is 0.130. The fourth-order valence-corrected chi connectivity index (χ4v) is 4.02. The maximum Gasteiger partial charge on any atom is 0.162 e. The first-order valence-electron chi connectivity index (χ1n) is 8.55. The van der Waals surface area contributed by atoms with Crippen LogP contribution in [0.15, 0.2) is 30.5 Å². The van der Waals surface area contributed by atoms with Gasteiger partial charge in [-0.3, -0.25) is 0 Å². The predicted octanol–water partition coefficient (Wildman–Crippen LogP) is 4.28. The Kier molecular flexibility index (Phi) is 5.42. The third kappa shape index (κ3) is 3.39. The Labute approximate surface area is 164 Å². The lowest BCUT2D eigenvalue weighted by atomic mass is 10.0. The van der Waals surface area contributed by atoms with Gasteiger partial charge < -0.3 is 14.6 Å². The quantitative estimate of drug-likeness (QED) is 0.722. The Balaban J connectivity index is 0.00000196. The maximum absolute atomic E-state index is 10.3. The third-order valence-corrected chi connectivity index (χ3v) is 5.34. The van der Waals surface area contributed by atoms with Crippen LogP contribution in [0.4, 0.5) is 0 Å². The zero-order valence-electron chi connectivity index (χ0n) is 14.8. The Morgan fingerprint density at radius 3 is 2.77 bits per heavy atom. The van der Waals surface area contributed by atoms with E-state index in [1.807, 2.05) is 19.1 Å². The van der Waals surface area contributed by atoms with Gasteiger partial charge in [0.1, 0.15) is 5.75 Å². The molecule has 0 bridgehead atoms. The summed E-state index contributed by atoms with van der Waals surface area (Å²) in [5, 5.41) is 20.6. The van der Waals surface area contributed by atoms with Gasteiger partial charge in [0.15, 0.2) is 5.65 Å². The topological polar surface area (TPSA) is 54.2 Å². The molecule has 1 aliphatic heterocycles. The van der Waals surface area contributed by atoms with Crippen molar-refractivity contribution in [3.8, 4) is 17.0 Å². The van der Waals surface area contributed by atoms with Gasteiger partial charge in [0, 0.05) is 34.8 Å². The molecule has 1 N–H and O–H groups in total. The fraction of sp³-hybridized carbons (Fsp3) is 0.368. The molecule has 2 aromatic heterocycles. The summed E-state index contributed by atoms with van der Waals surface area (Å²) >= 11 is 6.00. The van der Waals surface area contributed by atoms with Gasteiger partial charge in [-0.05, 0) is 63.2 Å². The van der Waals surface area contributed by atoms with Gasteiger partial charge in [-0.1, -0.05) is 11.6 Å². The minimum atomic E-state index is 0. The number of nitrogens with zero attached hydrogens (tertiary/aromatic N) is 4. The van der Waals surface area contributed by atoms with Crippen molar-refractivity contribution in [1.82, 2.24) is 19.7 Å². The number of rotatable bonds is 3. The average molecular weight is 393 g/mol. The summed E-state index contributed by atoms with van der Waals surface area (Å²) < 4.78 is 2.17. The predicted molar refractivity (Wildman–Crippen MR) is 107 cm³/mol. The van der Waals surface area contributed by atoms with Crippen molar-refractivity contribution in [2.24, 2.45) is 0 Å². The van der Waals surface area contributed by atoms with Crippen molar-refractivity contribution in [1.29, 1.82) is 0 Å². The van der Waals surface area contributed by atoms with E-state index in [-0.39, 0.29) is 18.2 Å². The second-order valence-corrected chi connectivity index (χ2v) is 7.31. The van der Waals surface area contributed by atoms with Gasteiger partial charge in [-0.25, -0.2) is 0 Å². The molecule has 0 amide bonds. The first-order valence-corrected chi connectivity index (χ1v) is 8.93. The molecule has 3 heterocycles. The Morgan fingerprint density at radius 2 is 2.08 bits per heavy atom. The third-order valence-electron chi connectivity index (χ3n) is 5.12. The first-order chi connectivity index (χ1) is 12.0. The van der Waals surface area contributed by atoms with Gasteiger partial charge in [0.2, 0.25) is 0 Å². The van der Waals surface area contributed by atoms with Crippen LogP contribution in [0.2, 0.25) is 5.02 Å². The lowest BCUT2D eigenvalue weighted by Gasteiger charge is -2.20. The summed E-state index contributed by atoms with van der Waals surface area (Å²) in [6, 6.07) is 7.96. The number of phenols is 1. The Bertz CT molecular complexity index is 917. The van der Waals surface area contributed by atoms with Gasteiger partial charge in [0.05, 0.1) is 5.69 Å². The zero-order chi connectivity index (χ0) is 17.6. The highest BCUT2D eigenvalue weighted by Gasteiger charge is 2.22. The summed E-state index contributed by atoms with van der Waals surface area (Å²) in [6.45, 7) is 4.00. The highest BCUT2D eigenvalue weighted by molar-refractivity contribution is 6.31. The molecular formula is C19H22Cl2N4O. The molecule has 1 atom stereocenters. The van der Waals surface area contributed by atoms with E-state index >= 15 is 0 Å². The first kappa shape index (κ1) is 19.0. The summed E-state index contributed by atoms with van der Waals surface area (Å²) in [6.07, 6.45) is 4.55. The highest BCUT2D eigenvalue weighted by Crippen LogP contribution is 2.34. The molecule has 3 aromatic rings. The SMILES string of the molecule is Cc1cc(Cl)cc(O)c1-c1cc2ccn(CC3CCCN3C)c2nn1.Cl. The van der Waals surface area contributed by atoms with E-state index in [0.29, 0.717) is 22.3 Å². The number of hydrogen-bond acceptors (Lipinski definition) is 4. The van der Waals surface area contributed by atoms with E-state index in [1.165, 1.54) is 18.9 Å². The molecule has 1 aliphatic rings. The zero-order valence-corrected chi connectivity index (χ0v) is 16.4. The van der Waals surface area contributed by atoms with Crippen LogP contribution in [0.3, 0.4) is 0 Å². The lowest BCUT2D eigenvalue weighted by molar-refractivity contribution is 0.284. The van der Waals surface area contributed by atoms with Crippen molar-refractivity contribution >= 4 is 35.0 Å². The Hall–Kier alpha value is -1.82. The van der Waals surface area contributed by atoms with Gasteiger partial charge in [-0.15, -0.1) is 22.6 Å². The molecule has 0 aliphatic carbocycles. The number of benzene rings is 1. The van der Waals surface area contributed by atoms with Crippen molar-refractivity contribution in [2.45, 2.75) is 32.4 Å². The van der Waals surface area contributed by atoms with E-state index in [9.17, 15) is 5.11 Å². The number of likely N-dealkylation sites (tertiary alicyclic amines) is 1. The number of aromatic nitrogens is 3. The minimum absolute atomic E-state index is 0. The summed E-state index contributed by atoms with van der Waals surface area (Å²) in [5.41, 5.74) is 3.11. The number of aromatic hydroxyl groups is 1. The number of aryl methyl sites for hydroxylation is 1. The molecule has 0 spiro atoms. The molecule has 1 aromatic carbocycles. The number of phenolic OH excluding ortho intramolecular Hbond substituents is 1. The maximum atomic E-state index is 10.3. The molecule has 4 rings (SSSR count). The van der Waals surface area contributed by atoms with Gasteiger partial charge in [-0.2, -0.15) is 0 Å². The van der Waals surface area contributed by atoms with Gasteiger partial charge >= 0.3 is 0 Å². The number of halogens is 2. The summed E-state index contributed by atoms with van der Waals surface area (Å²) in [7, 11) is 2.18. The van der Waals surface area contributed by atoms with Crippen LogP contribution in [-0.4, -0.2) is 44.4 Å². The van der Waals surface area contributed by atoms with Crippen LogP contribution in [0.1, 0.15) is 18.4 Å². The van der Waals surface area contributed by atoms with Crippen molar-refractivity contribution in [3.63, 3.8) is 0 Å². The van der Waals surface area contributed by atoms with E-state index in [1.54, 1.807) is 0 Å². The second-order valence-electron chi connectivity index (χ2n) is 6.87. The van der Waals surface area contributed by atoms with Crippen LogP contribution < -0.4 is 0 Å². The molecule has 0 radical (unpaired) electrons. The molecule has 1 fully saturated rings. The molecule has 7 heteroatoms. The molecule has 1 unspecified atom stereocenters. The normalized spacial score (nSPS) is 17.6. The molecular weight excluding hydrogens is 371 g/mol. The highest BCUT2D eigenvalue weighted by atomic mass is 35.5. The van der Waals surface area contributed by atoms with E-state index < -0.39 is 0 Å². The molecule has 26 heavy (non-hydrogen) atoms. The molecule has 0 saturated carbocycles. The van der Waals surface area contributed by atoms with Crippen LogP contribution in [0.25, 0.3) is 22.3 Å². The number of likely N-dealkylation sites (N-methyl/N-ethyl adjacent to an activating group) is 1. The fourth-order valence-electron chi connectivity index (χ4n) is 3.75. The van der Waals surface area contributed by atoms with E-state index in [4.69, 9.17) is 11.6 Å². The molecule has 1 saturated heterocycles. The number of fused-ring (bicyclic) bond motifs is 1. The Morgan fingerprint density at radius 1 is 1.27 bits per heavy atom. The standard InChI is InChI=1S/C19H21ClN4O.ClH/c1-12-8-14(20)10-17(25)18(12)16-9-13-5-7-24(19(13)22-21-16)11-15-4-3-6-23(15)2;/h5,7-10,15,25H,3-4,6,11H2,1-2H3;1H.